The van der Waals surface area contributed by atoms with Crippen LogP contribution in [0.4, 0.5) is 0 Å². The van der Waals surface area contributed by atoms with Gasteiger partial charge in [0, 0.05) is 33.2 Å². The van der Waals surface area contributed by atoms with Crippen molar-refractivity contribution in [3.8, 4) is 16.9 Å². The number of aliphatic hydroxyl groups excluding tert-OH is 1. The number of fused-ring (bicyclic) bond motifs is 1. The zero-order valence-corrected chi connectivity index (χ0v) is 17.5. The Morgan fingerprint density at radius 3 is 2.46 bits per heavy atom. The Morgan fingerprint density at radius 1 is 1.00 bits per heavy atom. The van der Waals surface area contributed by atoms with Crippen molar-refractivity contribution in [3.05, 3.63) is 88.0 Å². The van der Waals surface area contributed by atoms with Gasteiger partial charge < -0.3 is 14.4 Å². The van der Waals surface area contributed by atoms with Crippen LogP contribution in [0.2, 0.25) is 0 Å². The molecule has 0 saturated heterocycles. The highest BCUT2D eigenvalue weighted by Crippen LogP contribution is 2.38. The number of hydrogen-bond acceptors (Lipinski definition) is 2. The van der Waals surface area contributed by atoms with Crippen LogP contribution >= 0.6 is 15.9 Å². The monoisotopic (exact) mass is 435 g/mol. The average Bonchev–Trinajstić information content (AvgIpc) is 3.00. The third-order valence-electron chi connectivity index (χ3n) is 5.24. The number of aromatic nitrogens is 1. The molecule has 0 aliphatic rings. The van der Waals surface area contributed by atoms with Crippen LogP contribution in [0.3, 0.4) is 0 Å². The van der Waals surface area contributed by atoms with E-state index in [2.05, 4.69) is 69.9 Å². The number of nitrogens with zero attached hydrogens (tertiary/aromatic N) is 1. The first-order valence-electron chi connectivity index (χ1n) is 9.22. The van der Waals surface area contributed by atoms with E-state index in [1.807, 2.05) is 24.3 Å². The van der Waals surface area contributed by atoms with E-state index in [-0.39, 0.29) is 6.61 Å². The summed E-state index contributed by atoms with van der Waals surface area (Å²) in [4.78, 5) is 0. The lowest BCUT2D eigenvalue weighted by Gasteiger charge is -2.11. The molecule has 0 unspecified atom stereocenters. The smallest absolute Gasteiger partial charge is 0.119 e. The summed E-state index contributed by atoms with van der Waals surface area (Å²) in [6.07, 6.45) is 0. The zero-order chi connectivity index (χ0) is 19.7. The third-order valence-corrected chi connectivity index (χ3v) is 5.77. The van der Waals surface area contributed by atoms with E-state index in [1.54, 1.807) is 7.11 Å². The van der Waals surface area contributed by atoms with Crippen LogP contribution in [-0.4, -0.2) is 16.8 Å². The normalized spacial score (nSPS) is 11.1. The Balaban J connectivity index is 1.96. The molecule has 1 heterocycles. The first-order valence-corrected chi connectivity index (χ1v) is 10.0. The number of rotatable bonds is 5. The van der Waals surface area contributed by atoms with Crippen molar-refractivity contribution in [3.63, 3.8) is 0 Å². The number of hydrogen-bond donors (Lipinski definition) is 1. The molecule has 4 rings (SSSR count). The molecule has 0 amide bonds. The van der Waals surface area contributed by atoms with Gasteiger partial charge in [-0.05, 0) is 53.9 Å². The van der Waals surface area contributed by atoms with Crippen molar-refractivity contribution in [1.29, 1.82) is 0 Å². The molecule has 1 aromatic heterocycles. The van der Waals surface area contributed by atoms with Crippen molar-refractivity contribution in [2.24, 2.45) is 0 Å². The fourth-order valence-corrected chi connectivity index (χ4v) is 4.07. The SMILES string of the molecule is COc1ccc2c(c1)c(-c1ccccc1CO)c(C)n2Cc1ccc(Br)cc1. The second-order valence-corrected chi connectivity index (χ2v) is 7.79. The largest absolute Gasteiger partial charge is 0.497 e. The summed E-state index contributed by atoms with van der Waals surface area (Å²) in [6, 6.07) is 22.7. The van der Waals surface area contributed by atoms with E-state index < -0.39 is 0 Å². The third kappa shape index (κ3) is 3.34. The van der Waals surface area contributed by atoms with Crippen LogP contribution in [0.1, 0.15) is 16.8 Å². The fraction of sp³-hybridized carbons (Fsp3) is 0.167. The molecule has 0 radical (unpaired) electrons. The maximum absolute atomic E-state index is 9.88. The standard InChI is InChI=1S/C24H22BrNO2/c1-16-24(21-6-4-3-5-18(21)15-27)22-13-20(28-2)11-12-23(22)26(16)14-17-7-9-19(25)10-8-17/h3-13,27H,14-15H2,1-2H3. The number of benzene rings is 3. The van der Waals surface area contributed by atoms with E-state index in [9.17, 15) is 5.11 Å². The highest BCUT2D eigenvalue weighted by atomic mass is 79.9. The number of halogens is 1. The Kier molecular flexibility index (Phi) is 5.25. The minimum atomic E-state index is 0.0129. The van der Waals surface area contributed by atoms with Gasteiger partial charge in [-0.15, -0.1) is 0 Å². The van der Waals surface area contributed by atoms with Gasteiger partial charge in [0.1, 0.15) is 5.75 Å². The van der Waals surface area contributed by atoms with Gasteiger partial charge in [0.05, 0.1) is 13.7 Å². The molecule has 0 bridgehead atoms. The van der Waals surface area contributed by atoms with E-state index >= 15 is 0 Å². The van der Waals surface area contributed by atoms with Gasteiger partial charge in [-0.3, -0.25) is 0 Å². The molecule has 142 valence electrons. The van der Waals surface area contributed by atoms with E-state index in [4.69, 9.17) is 4.74 Å². The van der Waals surface area contributed by atoms with Gasteiger partial charge in [0.15, 0.2) is 0 Å². The number of methoxy groups -OCH3 is 1. The Labute approximate surface area is 173 Å². The molecule has 0 spiro atoms. The molecule has 4 heteroatoms. The van der Waals surface area contributed by atoms with Crippen molar-refractivity contribution in [2.45, 2.75) is 20.1 Å². The maximum atomic E-state index is 9.88. The van der Waals surface area contributed by atoms with Crippen LogP contribution in [-0.2, 0) is 13.2 Å². The van der Waals surface area contributed by atoms with Gasteiger partial charge in [-0.2, -0.15) is 0 Å². The summed E-state index contributed by atoms with van der Waals surface area (Å²) in [5.74, 6) is 0.830. The summed E-state index contributed by atoms with van der Waals surface area (Å²) in [6.45, 7) is 2.94. The lowest BCUT2D eigenvalue weighted by Crippen LogP contribution is -2.02. The van der Waals surface area contributed by atoms with Crippen LogP contribution in [0.25, 0.3) is 22.0 Å². The van der Waals surface area contributed by atoms with Crippen molar-refractivity contribution < 1.29 is 9.84 Å². The predicted octanol–water partition coefficient (Wildman–Crippen LogP) is 5.93. The Bertz CT molecular complexity index is 1130. The van der Waals surface area contributed by atoms with Crippen molar-refractivity contribution in [1.82, 2.24) is 4.57 Å². The summed E-state index contributed by atoms with van der Waals surface area (Å²) >= 11 is 3.51. The van der Waals surface area contributed by atoms with Gasteiger partial charge in [-0.1, -0.05) is 52.3 Å². The molecular weight excluding hydrogens is 414 g/mol. The molecule has 1 N–H and O–H groups in total. The van der Waals surface area contributed by atoms with E-state index in [1.165, 1.54) is 11.3 Å². The van der Waals surface area contributed by atoms with Crippen molar-refractivity contribution >= 4 is 26.8 Å². The molecule has 3 nitrogen and oxygen atoms in total. The molecular formula is C24H22BrNO2. The molecule has 0 atom stereocenters. The molecule has 0 saturated carbocycles. The summed E-state index contributed by atoms with van der Waals surface area (Å²) in [5, 5.41) is 11.0. The average molecular weight is 436 g/mol. The van der Waals surface area contributed by atoms with Crippen LogP contribution in [0, 0.1) is 6.92 Å². The lowest BCUT2D eigenvalue weighted by molar-refractivity contribution is 0.282. The molecule has 0 aliphatic heterocycles. The molecule has 4 aromatic rings. The van der Waals surface area contributed by atoms with Crippen LogP contribution in [0.15, 0.2) is 71.2 Å². The Hall–Kier alpha value is -2.56. The van der Waals surface area contributed by atoms with E-state index in [0.29, 0.717) is 0 Å². The predicted molar refractivity (Wildman–Crippen MR) is 118 cm³/mol. The summed E-state index contributed by atoms with van der Waals surface area (Å²) < 4.78 is 8.90. The molecule has 3 aromatic carbocycles. The number of aliphatic hydroxyl groups is 1. The summed E-state index contributed by atoms with van der Waals surface area (Å²) in [5.41, 5.74) is 6.71. The topological polar surface area (TPSA) is 34.4 Å². The molecule has 0 fully saturated rings. The minimum Gasteiger partial charge on any atom is -0.497 e. The first-order chi connectivity index (χ1) is 13.6. The first kappa shape index (κ1) is 18.8. The minimum absolute atomic E-state index is 0.0129. The van der Waals surface area contributed by atoms with Crippen molar-refractivity contribution in [2.75, 3.05) is 7.11 Å². The highest BCUT2D eigenvalue weighted by Gasteiger charge is 2.18. The highest BCUT2D eigenvalue weighted by molar-refractivity contribution is 9.10. The second kappa shape index (κ2) is 7.82. The molecule has 0 aliphatic carbocycles. The van der Waals surface area contributed by atoms with E-state index in [0.717, 1.165) is 44.4 Å². The van der Waals surface area contributed by atoms with Gasteiger partial charge in [0.2, 0.25) is 0 Å². The van der Waals surface area contributed by atoms with Gasteiger partial charge in [0.25, 0.3) is 0 Å². The van der Waals surface area contributed by atoms with Crippen LogP contribution < -0.4 is 4.74 Å². The van der Waals surface area contributed by atoms with Gasteiger partial charge in [-0.25, -0.2) is 0 Å². The summed E-state index contributed by atoms with van der Waals surface area (Å²) in [7, 11) is 1.69. The second-order valence-electron chi connectivity index (χ2n) is 6.87. The molecule has 28 heavy (non-hydrogen) atoms. The quantitative estimate of drug-likeness (QED) is 0.421. The fourth-order valence-electron chi connectivity index (χ4n) is 3.81. The Morgan fingerprint density at radius 2 is 1.75 bits per heavy atom. The lowest BCUT2D eigenvalue weighted by atomic mass is 9.97. The maximum Gasteiger partial charge on any atom is 0.119 e. The van der Waals surface area contributed by atoms with Crippen LogP contribution in [0.5, 0.6) is 5.75 Å². The van der Waals surface area contributed by atoms with Gasteiger partial charge >= 0.3 is 0 Å². The zero-order valence-electron chi connectivity index (χ0n) is 15.9. The number of ether oxygens (including phenoxy) is 1.